The zero-order valence-electron chi connectivity index (χ0n) is 8.78. The summed E-state index contributed by atoms with van der Waals surface area (Å²) in [7, 11) is 0. The quantitative estimate of drug-likeness (QED) is 0.198. The lowest BCUT2D eigenvalue weighted by atomic mass is 10.2. The highest BCUT2D eigenvalue weighted by molar-refractivity contribution is 6.32. The molecular weight excluding hydrogens is 244 g/mol. The topological polar surface area (TPSA) is 91.9 Å². The van der Waals surface area contributed by atoms with Crippen LogP contribution in [0.4, 0.5) is 5.69 Å². The van der Waals surface area contributed by atoms with Crippen LogP contribution in [0.25, 0.3) is 16.5 Å². The molecule has 0 aliphatic rings. The first-order valence-electron chi connectivity index (χ1n) is 4.76. The van der Waals surface area contributed by atoms with E-state index in [1.807, 2.05) is 0 Å². The lowest BCUT2D eigenvalue weighted by Crippen LogP contribution is -1.89. The van der Waals surface area contributed by atoms with Gasteiger partial charge in [-0.3, -0.25) is 10.1 Å². The van der Waals surface area contributed by atoms with E-state index in [1.54, 1.807) is 18.2 Å². The third-order valence-electron chi connectivity index (χ3n) is 1.94. The monoisotopic (exact) mass is 252 g/mol. The Kier molecular flexibility index (Phi) is 5.00. The van der Waals surface area contributed by atoms with Crippen molar-refractivity contribution in [3.8, 4) is 0 Å². The zero-order valence-corrected chi connectivity index (χ0v) is 9.54. The van der Waals surface area contributed by atoms with Crippen molar-refractivity contribution in [2.75, 3.05) is 6.54 Å². The molecule has 17 heavy (non-hydrogen) atoms. The minimum atomic E-state index is -0.528. The maximum absolute atomic E-state index is 10.6. The minimum absolute atomic E-state index is 0.112. The molecule has 1 aromatic rings. The van der Waals surface area contributed by atoms with Crippen LogP contribution >= 0.6 is 11.6 Å². The molecule has 0 saturated heterocycles. The van der Waals surface area contributed by atoms with E-state index in [4.69, 9.17) is 17.1 Å². The minimum Gasteiger partial charge on any atom is -0.258 e. The molecule has 1 aromatic carbocycles. The third-order valence-corrected chi connectivity index (χ3v) is 2.26. The van der Waals surface area contributed by atoms with Crippen molar-refractivity contribution in [1.29, 1.82) is 0 Å². The number of nitrogens with zero attached hydrogens (tertiary/aromatic N) is 4. The summed E-state index contributed by atoms with van der Waals surface area (Å²) in [5.41, 5.74) is 8.62. The Labute approximate surface area is 102 Å². The Morgan fingerprint density at radius 1 is 1.59 bits per heavy atom. The molecule has 1 rings (SSSR count). The fourth-order valence-corrected chi connectivity index (χ4v) is 1.36. The van der Waals surface area contributed by atoms with E-state index in [2.05, 4.69) is 10.0 Å². The van der Waals surface area contributed by atoms with Crippen LogP contribution in [0.5, 0.6) is 0 Å². The summed E-state index contributed by atoms with van der Waals surface area (Å²) in [6.07, 6.45) is 4.08. The summed E-state index contributed by atoms with van der Waals surface area (Å²) < 4.78 is 0. The largest absolute Gasteiger partial charge is 0.288 e. The Bertz CT molecular complexity index is 495. The van der Waals surface area contributed by atoms with Crippen LogP contribution in [0, 0.1) is 10.1 Å². The smallest absolute Gasteiger partial charge is 0.258 e. The molecule has 0 fully saturated rings. The summed E-state index contributed by atoms with van der Waals surface area (Å²) in [6, 6.07) is 4.55. The Hall–Kier alpha value is -2.04. The average Bonchev–Trinajstić information content (AvgIpc) is 2.30. The van der Waals surface area contributed by atoms with Gasteiger partial charge in [-0.1, -0.05) is 34.9 Å². The molecule has 0 saturated carbocycles. The van der Waals surface area contributed by atoms with E-state index in [-0.39, 0.29) is 10.7 Å². The highest BCUT2D eigenvalue weighted by atomic mass is 35.5. The van der Waals surface area contributed by atoms with Crippen LogP contribution in [-0.2, 0) is 0 Å². The highest BCUT2D eigenvalue weighted by Crippen LogP contribution is 2.25. The molecule has 6 nitrogen and oxygen atoms in total. The molecule has 0 unspecified atom stereocenters. The molecule has 7 heteroatoms. The van der Waals surface area contributed by atoms with Gasteiger partial charge in [0.15, 0.2) is 0 Å². The predicted octanol–water partition coefficient (Wildman–Crippen LogP) is 3.96. The van der Waals surface area contributed by atoms with E-state index in [0.29, 0.717) is 18.5 Å². The van der Waals surface area contributed by atoms with Gasteiger partial charge >= 0.3 is 0 Å². The first-order chi connectivity index (χ1) is 8.15. The molecule has 0 N–H and O–H groups in total. The highest BCUT2D eigenvalue weighted by Gasteiger charge is 2.11. The predicted molar refractivity (Wildman–Crippen MR) is 65.8 cm³/mol. The molecule has 88 valence electrons. The van der Waals surface area contributed by atoms with Gasteiger partial charge in [-0.25, -0.2) is 0 Å². The van der Waals surface area contributed by atoms with E-state index in [0.717, 1.165) is 0 Å². The molecule has 0 amide bonds. The summed E-state index contributed by atoms with van der Waals surface area (Å²) in [6.45, 7) is 0.364. The number of nitro benzene ring substituents is 1. The second-order valence-corrected chi connectivity index (χ2v) is 3.52. The normalized spacial score (nSPS) is 10.2. The first kappa shape index (κ1) is 13.0. The zero-order chi connectivity index (χ0) is 12.7. The van der Waals surface area contributed by atoms with Crippen molar-refractivity contribution in [3.63, 3.8) is 0 Å². The number of azide groups is 1. The Balaban J connectivity index is 2.75. The molecule has 0 aliphatic carbocycles. The maximum Gasteiger partial charge on any atom is 0.288 e. The van der Waals surface area contributed by atoms with Crippen molar-refractivity contribution in [1.82, 2.24) is 0 Å². The van der Waals surface area contributed by atoms with E-state index in [1.165, 1.54) is 12.1 Å². The van der Waals surface area contributed by atoms with Gasteiger partial charge in [-0.15, -0.1) is 0 Å². The lowest BCUT2D eigenvalue weighted by Gasteiger charge is -1.97. The molecule has 0 bridgehead atoms. The molecule has 0 radical (unpaired) electrons. The summed E-state index contributed by atoms with van der Waals surface area (Å²) >= 11 is 5.67. The third kappa shape index (κ3) is 4.14. The SMILES string of the molecule is [N-]=[N+]=NCCC=Cc1ccc(Cl)c([N+](=O)[O-])c1. The second kappa shape index (κ2) is 6.52. The molecule has 0 aliphatic heterocycles. The number of rotatable bonds is 5. The number of benzene rings is 1. The number of halogens is 1. The van der Waals surface area contributed by atoms with E-state index >= 15 is 0 Å². The molecule has 0 aromatic heterocycles. The standard InChI is InChI=1S/C10H9ClN4O2/c11-9-5-4-8(7-10(9)15(16)17)3-1-2-6-13-14-12/h1,3-5,7H,2,6H2. The summed E-state index contributed by atoms with van der Waals surface area (Å²) in [5, 5.41) is 14.1. The summed E-state index contributed by atoms with van der Waals surface area (Å²) in [4.78, 5) is 12.7. The van der Waals surface area contributed by atoms with Gasteiger partial charge in [-0.2, -0.15) is 0 Å². The van der Waals surface area contributed by atoms with Crippen molar-refractivity contribution in [2.24, 2.45) is 5.11 Å². The Morgan fingerprint density at radius 2 is 2.35 bits per heavy atom. The van der Waals surface area contributed by atoms with Gasteiger partial charge in [0.1, 0.15) is 5.02 Å². The first-order valence-corrected chi connectivity index (χ1v) is 5.14. The van der Waals surface area contributed by atoms with Crippen molar-refractivity contribution in [3.05, 3.63) is 55.4 Å². The number of nitro groups is 1. The number of hydrogen-bond donors (Lipinski definition) is 0. The molecule has 0 heterocycles. The molecule has 0 atom stereocenters. The van der Waals surface area contributed by atoms with Crippen LogP contribution in [0.15, 0.2) is 29.4 Å². The maximum atomic E-state index is 10.6. The summed E-state index contributed by atoms with van der Waals surface area (Å²) in [5.74, 6) is 0. The van der Waals surface area contributed by atoms with Gasteiger partial charge in [0.05, 0.1) is 4.92 Å². The second-order valence-electron chi connectivity index (χ2n) is 3.11. The van der Waals surface area contributed by atoms with Crippen LogP contribution in [0.2, 0.25) is 5.02 Å². The van der Waals surface area contributed by atoms with Crippen molar-refractivity contribution < 1.29 is 4.92 Å². The van der Waals surface area contributed by atoms with Crippen LogP contribution in [0.3, 0.4) is 0 Å². The molecule has 0 spiro atoms. The van der Waals surface area contributed by atoms with Gasteiger partial charge in [-0.05, 0) is 23.6 Å². The van der Waals surface area contributed by atoms with Gasteiger partial charge in [0.25, 0.3) is 5.69 Å². The van der Waals surface area contributed by atoms with Crippen LogP contribution < -0.4 is 0 Å². The van der Waals surface area contributed by atoms with Gasteiger partial charge in [0, 0.05) is 17.5 Å². The Morgan fingerprint density at radius 3 is 3.00 bits per heavy atom. The van der Waals surface area contributed by atoms with E-state index in [9.17, 15) is 10.1 Å². The van der Waals surface area contributed by atoms with Crippen LogP contribution in [0.1, 0.15) is 12.0 Å². The van der Waals surface area contributed by atoms with Crippen LogP contribution in [-0.4, -0.2) is 11.5 Å². The average molecular weight is 253 g/mol. The molecular formula is C10H9ClN4O2. The van der Waals surface area contributed by atoms with Gasteiger partial charge in [0.2, 0.25) is 0 Å². The van der Waals surface area contributed by atoms with Crippen molar-refractivity contribution >= 4 is 23.4 Å². The lowest BCUT2D eigenvalue weighted by molar-refractivity contribution is -0.384. The van der Waals surface area contributed by atoms with Crippen molar-refractivity contribution in [2.45, 2.75) is 6.42 Å². The van der Waals surface area contributed by atoms with E-state index < -0.39 is 4.92 Å². The van der Waals surface area contributed by atoms with Gasteiger partial charge < -0.3 is 0 Å². The number of hydrogen-bond acceptors (Lipinski definition) is 3. The fraction of sp³-hybridized carbons (Fsp3) is 0.200. The fourth-order valence-electron chi connectivity index (χ4n) is 1.17.